The van der Waals surface area contributed by atoms with Crippen molar-refractivity contribution in [3.8, 4) is 22.0 Å². The van der Waals surface area contributed by atoms with Crippen molar-refractivity contribution in [3.63, 3.8) is 0 Å². The molecule has 0 aliphatic heterocycles. The Labute approximate surface area is 244 Å². The van der Waals surface area contributed by atoms with Gasteiger partial charge in [-0.25, -0.2) is 9.97 Å². The van der Waals surface area contributed by atoms with Crippen LogP contribution < -0.4 is 0 Å². The monoisotopic (exact) mass is 551 g/mol. The lowest BCUT2D eigenvalue weighted by Crippen LogP contribution is -1.94. The summed E-state index contributed by atoms with van der Waals surface area (Å²) in [6.07, 6.45) is 0. The van der Waals surface area contributed by atoms with Gasteiger partial charge in [0.25, 0.3) is 0 Å². The Kier molecular flexibility index (Phi) is 4.33. The van der Waals surface area contributed by atoms with Crippen LogP contribution in [0.3, 0.4) is 0 Å². The Balaban J connectivity index is 1.37. The lowest BCUT2D eigenvalue weighted by Gasteiger charge is -2.10. The third kappa shape index (κ3) is 2.89. The molecule has 0 spiro atoms. The molecule has 0 fully saturated rings. The molecule has 6 aromatic carbocycles. The smallest absolute Gasteiger partial charge is 0.170 e. The van der Waals surface area contributed by atoms with Gasteiger partial charge in [-0.3, -0.25) is 4.40 Å². The minimum Gasteiger partial charge on any atom is -0.299 e. The van der Waals surface area contributed by atoms with Crippen LogP contribution in [0.4, 0.5) is 0 Å². The molecule has 194 valence electrons. The van der Waals surface area contributed by atoms with Gasteiger partial charge in [0.2, 0.25) is 0 Å². The minimum absolute atomic E-state index is 0.765. The van der Waals surface area contributed by atoms with E-state index >= 15 is 0 Å². The maximum absolute atomic E-state index is 5.29. The number of rotatable bonds is 2. The minimum atomic E-state index is 0.765. The average Bonchev–Trinajstić information content (AvgIpc) is 3.65. The van der Waals surface area contributed by atoms with Crippen molar-refractivity contribution >= 4 is 81.2 Å². The van der Waals surface area contributed by atoms with Gasteiger partial charge in [-0.2, -0.15) is 0 Å². The number of thiophene rings is 1. The number of pyridine rings is 1. The molecule has 0 saturated heterocycles. The second kappa shape index (κ2) is 8.12. The van der Waals surface area contributed by atoms with E-state index in [1.54, 1.807) is 11.3 Å². The highest BCUT2D eigenvalue weighted by atomic mass is 32.1. The van der Waals surface area contributed by atoms with Crippen LogP contribution in [0.5, 0.6) is 0 Å². The Hall–Kier alpha value is -5.32. The normalized spacial score (nSPS) is 12.3. The van der Waals surface area contributed by atoms with Crippen molar-refractivity contribution in [2.24, 2.45) is 0 Å². The molecule has 0 aliphatic carbocycles. The summed E-state index contributed by atoms with van der Waals surface area (Å²) in [6.45, 7) is 0. The number of fused-ring (bicyclic) bond motifs is 9. The number of nitrogens with zero attached hydrogens (tertiary/aromatic N) is 3. The van der Waals surface area contributed by atoms with E-state index in [0.29, 0.717) is 0 Å². The van der Waals surface area contributed by atoms with Gasteiger partial charge in [0.15, 0.2) is 5.82 Å². The molecule has 0 atom stereocenters. The van der Waals surface area contributed by atoms with Gasteiger partial charge in [-0.1, -0.05) is 109 Å². The maximum atomic E-state index is 5.29. The topological polar surface area (TPSA) is 30.2 Å². The van der Waals surface area contributed by atoms with Crippen molar-refractivity contribution < 1.29 is 0 Å². The van der Waals surface area contributed by atoms with Gasteiger partial charge >= 0.3 is 0 Å². The Bertz CT molecular complexity index is 2680. The molecule has 10 rings (SSSR count). The van der Waals surface area contributed by atoms with Crippen LogP contribution in [0.25, 0.3) is 91.8 Å². The van der Waals surface area contributed by atoms with Gasteiger partial charge in [0.1, 0.15) is 4.83 Å². The molecular weight excluding hydrogens is 531 g/mol. The molecule has 0 saturated carbocycles. The first-order valence-electron chi connectivity index (χ1n) is 14.2. The van der Waals surface area contributed by atoms with Gasteiger partial charge in [-0.05, 0) is 34.4 Å². The summed E-state index contributed by atoms with van der Waals surface area (Å²) in [5.41, 5.74) is 5.58. The molecule has 0 N–H and O–H groups in total. The first-order valence-corrected chi connectivity index (χ1v) is 15.0. The van der Waals surface area contributed by atoms with E-state index in [1.807, 2.05) is 0 Å². The van der Waals surface area contributed by atoms with Crippen LogP contribution in [0, 0.1) is 0 Å². The van der Waals surface area contributed by atoms with E-state index in [4.69, 9.17) is 9.97 Å². The second-order valence-corrected chi connectivity index (χ2v) is 12.0. The third-order valence-corrected chi connectivity index (χ3v) is 9.86. The zero-order valence-corrected chi connectivity index (χ0v) is 23.2. The summed E-state index contributed by atoms with van der Waals surface area (Å²) >= 11 is 1.78. The first-order chi connectivity index (χ1) is 20.8. The molecule has 0 amide bonds. The predicted molar refractivity (Wildman–Crippen MR) is 178 cm³/mol. The molecule has 10 aromatic rings. The average molecular weight is 552 g/mol. The highest BCUT2D eigenvalue weighted by molar-refractivity contribution is 7.22. The fourth-order valence-corrected chi connectivity index (χ4v) is 8.03. The van der Waals surface area contributed by atoms with Crippen molar-refractivity contribution in [2.75, 3.05) is 0 Å². The quantitative estimate of drug-likeness (QED) is 0.200. The molecule has 4 heteroatoms. The SMILES string of the molecule is c1ccc(-c2nc(-c3cc4c5cccc6ccc7c8ccccc8n(c4s3)c7c65)nc3c2ccc2ccccc23)cc1. The van der Waals surface area contributed by atoms with E-state index in [9.17, 15) is 0 Å². The van der Waals surface area contributed by atoms with E-state index < -0.39 is 0 Å². The van der Waals surface area contributed by atoms with Gasteiger partial charge in [0.05, 0.1) is 27.1 Å². The Morgan fingerprint density at radius 1 is 0.524 bits per heavy atom. The fraction of sp³-hybridized carbons (Fsp3) is 0. The highest BCUT2D eigenvalue weighted by Gasteiger charge is 2.21. The predicted octanol–water partition coefficient (Wildman–Crippen LogP) is 10.5. The Morgan fingerprint density at radius 3 is 2.19 bits per heavy atom. The van der Waals surface area contributed by atoms with Gasteiger partial charge in [0, 0.05) is 37.9 Å². The van der Waals surface area contributed by atoms with Gasteiger partial charge in [-0.15, -0.1) is 11.3 Å². The maximum Gasteiger partial charge on any atom is 0.170 e. The molecular formula is C38H21N3S. The molecule has 0 aliphatic rings. The zero-order valence-electron chi connectivity index (χ0n) is 22.4. The summed E-state index contributed by atoms with van der Waals surface area (Å²) in [7, 11) is 0. The molecule has 0 unspecified atom stereocenters. The first kappa shape index (κ1) is 22.4. The summed E-state index contributed by atoms with van der Waals surface area (Å²) in [5, 5.41) is 11.1. The van der Waals surface area contributed by atoms with Crippen LogP contribution in [0.15, 0.2) is 127 Å². The molecule has 3 nitrogen and oxygen atoms in total. The fourth-order valence-electron chi connectivity index (χ4n) is 6.90. The number of aromatic nitrogens is 3. The van der Waals surface area contributed by atoms with Crippen LogP contribution in [0.2, 0.25) is 0 Å². The lowest BCUT2D eigenvalue weighted by molar-refractivity contribution is 1.25. The third-order valence-electron chi connectivity index (χ3n) is 8.74. The molecule has 42 heavy (non-hydrogen) atoms. The number of para-hydroxylation sites is 1. The van der Waals surface area contributed by atoms with Gasteiger partial charge < -0.3 is 0 Å². The van der Waals surface area contributed by atoms with E-state index in [1.165, 1.54) is 53.6 Å². The molecule has 0 bridgehead atoms. The summed E-state index contributed by atoms with van der Waals surface area (Å²) < 4.78 is 2.47. The molecule has 4 aromatic heterocycles. The van der Waals surface area contributed by atoms with Crippen molar-refractivity contribution in [1.82, 2.24) is 14.4 Å². The summed E-state index contributed by atoms with van der Waals surface area (Å²) in [6, 6.07) is 45.6. The number of benzene rings is 6. The lowest BCUT2D eigenvalue weighted by atomic mass is 10.00. The van der Waals surface area contributed by atoms with E-state index in [2.05, 4.69) is 132 Å². The summed E-state index contributed by atoms with van der Waals surface area (Å²) in [5.74, 6) is 0.765. The van der Waals surface area contributed by atoms with Crippen molar-refractivity contribution in [3.05, 3.63) is 127 Å². The summed E-state index contributed by atoms with van der Waals surface area (Å²) in [4.78, 5) is 12.9. The second-order valence-electron chi connectivity index (χ2n) is 11.0. The molecule has 4 heterocycles. The Morgan fingerprint density at radius 2 is 1.26 bits per heavy atom. The number of hydrogen-bond donors (Lipinski definition) is 0. The highest BCUT2D eigenvalue weighted by Crippen LogP contribution is 2.45. The van der Waals surface area contributed by atoms with E-state index in [0.717, 1.165) is 38.2 Å². The van der Waals surface area contributed by atoms with Crippen LogP contribution in [-0.2, 0) is 0 Å². The largest absolute Gasteiger partial charge is 0.299 e. The van der Waals surface area contributed by atoms with Crippen molar-refractivity contribution in [2.45, 2.75) is 0 Å². The standard InChI is InChI=1S/C38H21N3S/c1-2-10-24(11-3-1)34-29-20-17-22-9-4-5-13-25(22)35(29)40-37(39-34)32-21-30-27-15-8-12-23-18-19-28-26-14-6-7-16-31(26)41(38(30)42-32)36(28)33(23)27/h1-21H. The van der Waals surface area contributed by atoms with Crippen LogP contribution >= 0.6 is 11.3 Å². The van der Waals surface area contributed by atoms with Crippen LogP contribution in [-0.4, -0.2) is 14.4 Å². The van der Waals surface area contributed by atoms with Crippen LogP contribution in [0.1, 0.15) is 0 Å². The van der Waals surface area contributed by atoms with E-state index in [-0.39, 0.29) is 0 Å². The molecule has 0 radical (unpaired) electrons. The van der Waals surface area contributed by atoms with Crippen molar-refractivity contribution in [1.29, 1.82) is 0 Å². The number of hydrogen-bond acceptors (Lipinski definition) is 3. The zero-order chi connectivity index (χ0) is 27.4.